The fourth-order valence-corrected chi connectivity index (χ4v) is 1.77. The number of amides is 1. The van der Waals surface area contributed by atoms with Gasteiger partial charge in [0.25, 0.3) is 0 Å². The van der Waals surface area contributed by atoms with Crippen LogP contribution in [0.2, 0.25) is 0 Å². The zero-order chi connectivity index (χ0) is 13.7. The number of hydrogen-bond donors (Lipinski definition) is 1. The number of benzene rings is 1. The van der Waals surface area contributed by atoms with Crippen molar-refractivity contribution < 1.29 is 14.7 Å². The monoisotopic (exact) mass is 313 g/mol. The van der Waals surface area contributed by atoms with Crippen LogP contribution in [-0.4, -0.2) is 35.5 Å². The Morgan fingerprint density at radius 1 is 1.33 bits per heavy atom. The van der Waals surface area contributed by atoms with E-state index in [0.717, 1.165) is 10.0 Å². The Morgan fingerprint density at radius 2 is 1.89 bits per heavy atom. The van der Waals surface area contributed by atoms with Gasteiger partial charge in [-0.1, -0.05) is 35.0 Å². The second-order valence-corrected chi connectivity index (χ2v) is 5.23. The molecule has 98 valence electrons. The predicted molar refractivity (Wildman–Crippen MR) is 72.3 cm³/mol. The number of hydrogen-bond acceptors (Lipinski definition) is 2. The molecule has 0 aliphatic heterocycles. The van der Waals surface area contributed by atoms with E-state index >= 15 is 0 Å². The minimum atomic E-state index is -0.890. The average molecular weight is 314 g/mol. The molecule has 1 aromatic carbocycles. The van der Waals surface area contributed by atoms with Crippen LogP contribution in [0.15, 0.2) is 28.7 Å². The van der Waals surface area contributed by atoms with Crippen molar-refractivity contribution in [2.45, 2.75) is 13.3 Å². The van der Waals surface area contributed by atoms with E-state index in [4.69, 9.17) is 5.11 Å². The number of halogens is 1. The highest BCUT2D eigenvalue weighted by Crippen LogP contribution is 2.11. The van der Waals surface area contributed by atoms with Crippen molar-refractivity contribution in [1.82, 2.24) is 4.90 Å². The van der Waals surface area contributed by atoms with Crippen LogP contribution in [0.3, 0.4) is 0 Å². The summed E-state index contributed by atoms with van der Waals surface area (Å²) in [7, 11) is 1.63. The summed E-state index contributed by atoms with van der Waals surface area (Å²) in [5.74, 6) is -1.52. The lowest BCUT2D eigenvalue weighted by Crippen LogP contribution is -2.34. The molecule has 1 rings (SSSR count). The van der Waals surface area contributed by atoms with Crippen molar-refractivity contribution in [2.75, 3.05) is 13.6 Å². The van der Waals surface area contributed by atoms with Crippen LogP contribution in [0.1, 0.15) is 12.5 Å². The lowest BCUT2D eigenvalue weighted by atomic mass is 10.1. The molecule has 5 heteroatoms. The van der Waals surface area contributed by atoms with Crippen LogP contribution in [0.5, 0.6) is 0 Å². The van der Waals surface area contributed by atoms with Gasteiger partial charge < -0.3 is 10.0 Å². The maximum absolute atomic E-state index is 11.9. The molecule has 1 unspecified atom stereocenters. The zero-order valence-corrected chi connectivity index (χ0v) is 12.0. The third-order valence-corrected chi connectivity index (χ3v) is 3.19. The van der Waals surface area contributed by atoms with Crippen molar-refractivity contribution >= 4 is 27.8 Å². The van der Waals surface area contributed by atoms with Crippen molar-refractivity contribution in [2.24, 2.45) is 5.92 Å². The van der Waals surface area contributed by atoms with E-state index in [9.17, 15) is 9.59 Å². The summed E-state index contributed by atoms with van der Waals surface area (Å²) >= 11 is 3.33. The first-order valence-corrected chi connectivity index (χ1v) is 6.40. The molecule has 1 amide bonds. The number of aliphatic carboxylic acids is 1. The third-order valence-electron chi connectivity index (χ3n) is 2.66. The molecule has 0 radical (unpaired) electrons. The van der Waals surface area contributed by atoms with Gasteiger partial charge in [0.15, 0.2) is 0 Å². The Morgan fingerprint density at radius 3 is 2.39 bits per heavy atom. The Kier molecular flexibility index (Phi) is 5.34. The van der Waals surface area contributed by atoms with Gasteiger partial charge in [0.2, 0.25) is 5.91 Å². The Labute approximate surface area is 115 Å². The number of nitrogens with zero attached hydrogens (tertiary/aromatic N) is 1. The molecule has 0 spiro atoms. The number of carbonyl (C=O) groups is 2. The van der Waals surface area contributed by atoms with Crippen molar-refractivity contribution in [3.63, 3.8) is 0 Å². The summed E-state index contributed by atoms with van der Waals surface area (Å²) in [6, 6.07) is 7.50. The third kappa shape index (κ3) is 4.49. The molecular formula is C13H16BrNO3. The van der Waals surface area contributed by atoms with Gasteiger partial charge in [0.05, 0.1) is 12.3 Å². The lowest BCUT2D eigenvalue weighted by molar-refractivity contribution is -0.142. The first kappa shape index (κ1) is 14.7. The largest absolute Gasteiger partial charge is 0.481 e. The van der Waals surface area contributed by atoms with Gasteiger partial charge in [0.1, 0.15) is 0 Å². The Bertz CT molecular complexity index is 430. The second kappa shape index (κ2) is 6.54. The van der Waals surface area contributed by atoms with E-state index in [0.29, 0.717) is 0 Å². The quantitative estimate of drug-likeness (QED) is 0.906. The van der Waals surface area contributed by atoms with Crippen LogP contribution in [-0.2, 0) is 16.0 Å². The molecule has 0 aliphatic carbocycles. The fourth-order valence-electron chi connectivity index (χ4n) is 1.50. The predicted octanol–water partition coefficient (Wildman–Crippen LogP) is 2.17. The van der Waals surface area contributed by atoms with Gasteiger partial charge in [0, 0.05) is 18.1 Å². The van der Waals surface area contributed by atoms with Crippen molar-refractivity contribution in [3.05, 3.63) is 34.3 Å². The van der Waals surface area contributed by atoms with Crippen molar-refractivity contribution in [1.29, 1.82) is 0 Å². The molecule has 0 bridgehead atoms. The number of likely N-dealkylation sites (N-methyl/N-ethyl adjacent to an activating group) is 1. The van der Waals surface area contributed by atoms with Gasteiger partial charge in [-0.25, -0.2) is 0 Å². The summed E-state index contributed by atoms with van der Waals surface area (Å²) in [6.07, 6.45) is 0.288. The van der Waals surface area contributed by atoms with E-state index in [-0.39, 0.29) is 18.9 Å². The molecule has 1 N–H and O–H groups in total. The molecule has 18 heavy (non-hydrogen) atoms. The lowest BCUT2D eigenvalue weighted by Gasteiger charge is -2.19. The van der Waals surface area contributed by atoms with Gasteiger partial charge in [-0.05, 0) is 17.7 Å². The number of carbonyl (C=O) groups excluding carboxylic acids is 1. The summed E-state index contributed by atoms with van der Waals surface area (Å²) in [5, 5.41) is 8.79. The van der Waals surface area contributed by atoms with Crippen LogP contribution in [0.25, 0.3) is 0 Å². The van der Waals surface area contributed by atoms with Crippen LogP contribution in [0.4, 0.5) is 0 Å². The van der Waals surface area contributed by atoms with Gasteiger partial charge in [-0.3, -0.25) is 9.59 Å². The first-order valence-electron chi connectivity index (χ1n) is 5.61. The van der Waals surface area contributed by atoms with E-state index in [1.807, 2.05) is 24.3 Å². The summed E-state index contributed by atoms with van der Waals surface area (Å²) in [5.41, 5.74) is 0.915. The van der Waals surface area contributed by atoms with Crippen molar-refractivity contribution in [3.8, 4) is 0 Å². The van der Waals surface area contributed by atoms with E-state index in [1.54, 1.807) is 14.0 Å². The Balaban J connectivity index is 2.54. The minimum absolute atomic E-state index is 0.0783. The molecule has 0 saturated heterocycles. The van der Waals surface area contributed by atoms with E-state index in [1.165, 1.54) is 4.90 Å². The Hall–Kier alpha value is -1.36. The van der Waals surface area contributed by atoms with E-state index in [2.05, 4.69) is 15.9 Å². The molecular weight excluding hydrogens is 298 g/mol. The van der Waals surface area contributed by atoms with Gasteiger partial charge in [-0.15, -0.1) is 0 Å². The maximum Gasteiger partial charge on any atom is 0.308 e. The highest BCUT2D eigenvalue weighted by Gasteiger charge is 2.17. The molecule has 1 atom stereocenters. The van der Waals surface area contributed by atoms with Gasteiger partial charge in [-0.2, -0.15) is 0 Å². The van der Waals surface area contributed by atoms with Gasteiger partial charge >= 0.3 is 5.97 Å². The number of rotatable bonds is 5. The van der Waals surface area contributed by atoms with Crippen LogP contribution in [0, 0.1) is 5.92 Å². The summed E-state index contributed by atoms with van der Waals surface area (Å²) < 4.78 is 0.964. The molecule has 1 aromatic rings. The SMILES string of the molecule is CC(CN(C)C(=O)Cc1ccc(Br)cc1)C(=O)O. The zero-order valence-electron chi connectivity index (χ0n) is 10.4. The highest BCUT2D eigenvalue weighted by molar-refractivity contribution is 9.10. The number of carboxylic acids is 1. The first-order chi connectivity index (χ1) is 8.40. The summed E-state index contributed by atoms with van der Waals surface area (Å²) in [6.45, 7) is 1.82. The van der Waals surface area contributed by atoms with Crippen LogP contribution >= 0.6 is 15.9 Å². The summed E-state index contributed by atoms with van der Waals surface area (Å²) in [4.78, 5) is 24.0. The topological polar surface area (TPSA) is 57.6 Å². The average Bonchev–Trinajstić information content (AvgIpc) is 2.31. The standard InChI is InChI=1S/C13H16BrNO3/c1-9(13(17)18)8-15(2)12(16)7-10-3-5-11(14)6-4-10/h3-6,9H,7-8H2,1-2H3,(H,17,18). The molecule has 0 fully saturated rings. The van der Waals surface area contributed by atoms with Crippen LogP contribution < -0.4 is 0 Å². The number of carboxylic acid groups (broad SMARTS) is 1. The molecule has 0 aromatic heterocycles. The molecule has 0 aliphatic rings. The van der Waals surface area contributed by atoms with E-state index < -0.39 is 11.9 Å². The maximum atomic E-state index is 11.9. The molecule has 0 saturated carbocycles. The normalized spacial score (nSPS) is 11.9. The minimum Gasteiger partial charge on any atom is -0.481 e. The highest BCUT2D eigenvalue weighted by atomic mass is 79.9. The molecule has 4 nitrogen and oxygen atoms in total. The molecule has 0 heterocycles. The smallest absolute Gasteiger partial charge is 0.308 e. The fraction of sp³-hybridized carbons (Fsp3) is 0.385. The second-order valence-electron chi connectivity index (χ2n) is 4.32.